The number of methoxy groups -OCH3 is 1. The molecule has 0 bridgehead atoms. The quantitative estimate of drug-likeness (QED) is 0.886. The van der Waals surface area contributed by atoms with Gasteiger partial charge in [-0.3, -0.25) is 0 Å². The molecule has 1 aromatic heterocycles. The number of urea groups is 1. The van der Waals surface area contributed by atoms with Crippen LogP contribution in [-0.4, -0.2) is 55.2 Å². The lowest BCUT2D eigenvalue weighted by Gasteiger charge is -2.35. The highest BCUT2D eigenvalue weighted by Crippen LogP contribution is 2.34. The number of nitrogens with zero attached hydrogens (tertiary/aromatic N) is 3. The molecule has 1 saturated heterocycles. The van der Waals surface area contributed by atoms with Crippen molar-refractivity contribution in [2.75, 3.05) is 38.2 Å². The maximum atomic E-state index is 12.4. The minimum absolute atomic E-state index is 0.0549. The Kier molecular flexibility index (Phi) is 5.63. The summed E-state index contributed by atoms with van der Waals surface area (Å²) in [7, 11) is 1.67. The van der Waals surface area contributed by atoms with Gasteiger partial charge < -0.3 is 19.9 Å². The van der Waals surface area contributed by atoms with Crippen molar-refractivity contribution < 1.29 is 9.53 Å². The molecule has 3 rings (SSSR count). The van der Waals surface area contributed by atoms with Gasteiger partial charge in [-0.2, -0.15) is 0 Å². The second-order valence-corrected chi connectivity index (χ2v) is 7.25. The van der Waals surface area contributed by atoms with Crippen molar-refractivity contribution >= 4 is 32.7 Å². The van der Waals surface area contributed by atoms with Gasteiger partial charge in [0.05, 0.1) is 11.8 Å². The molecule has 0 unspecified atom stereocenters. The van der Waals surface area contributed by atoms with E-state index in [4.69, 9.17) is 9.72 Å². The van der Waals surface area contributed by atoms with Crippen LogP contribution in [0.4, 0.5) is 9.93 Å². The Morgan fingerprint density at radius 1 is 1.28 bits per heavy atom. The molecule has 1 aromatic carbocycles. The van der Waals surface area contributed by atoms with E-state index in [2.05, 4.69) is 30.1 Å². The lowest BCUT2D eigenvalue weighted by atomic mass is 10.2. The van der Waals surface area contributed by atoms with Crippen LogP contribution in [0.2, 0.25) is 0 Å². The molecule has 6 nitrogen and oxygen atoms in total. The zero-order chi connectivity index (χ0) is 17.8. The number of carbonyl (C=O) groups excluding carboxylic acids is 1. The first-order chi connectivity index (χ1) is 12.2. The molecule has 0 radical (unpaired) electrons. The van der Waals surface area contributed by atoms with Crippen molar-refractivity contribution in [3.63, 3.8) is 0 Å². The normalized spacial score (nSPS) is 15.0. The summed E-state index contributed by atoms with van der Waals surface area (Å²) in [4.78, 5) is 21.3. The van der Waals surface area contributed by atoms with Gasteiger partial charge in [0.15, 0.2) is 5.13 Å². The maximum Gasteiger partial charge on any atom is 0.317 e. The Morgan fingerprint density at radius 2 is 2.00 bits per heavy atom. The summed E-state index contributed by atoms with van der Waals surface area (Å²) in [5.74, 6) is 0.809. The van der Waals surface area contributed by atoms with Crippen LogP contribution in [0.1, 0.15) is 26.7 Å². The Hall–Kier alpha value is -2.02. The Balaban J connectivity index is 1.63. The largest absolute Gasteiger partial charge is 0.494 e. The fourth-order valence-electron chi connectivity index (χ4n) is 3.07. The average Bonchev–Trinajstić information content (AvgIpc) is 3.10. The van der Waals surface area contributed by atoms with Crippen molar-refractivity contribution in [2.24, 2.45) is 0 Å². The molecule has 1 fully saturated rings. The average molecular weight is 362 g/mol. The predicted molar refractivity (Wildman–Crippen MR) is 103 cm³/mol. The number of nitrogens with one attached hydrogen (secondary N) is 1. The third-order valence-corrected chi connectivity index (χ3v) is 5.82. The van der Waals surface area contributed by atoms with Crippen LogP contribution >= 0.6 is 11.3 Å². The van der Waals surface area contributed by atoms with Gasteiger partial charge in [-0.25, -0.2) is 9.78 Å². The number of amides is 2. The highest BCUT2D eigenvalue weighted by molar-refractivity contribution is 7.22. The molecule has 0 spiro atoms. The van der Waals surface area contributed by atoms with E-state index in [0.29, 0.717) is 0 Å². The zero-order valence-electron chi connectivity index (χ0n) is 15.1. The van der Waals surface area contributed by atoms with Crippen molar-refractivity contribution in [1.82, 2.24) is 15.2 Å². The number of para-hydroxylation sites is 1. The van der Waals surface area contributed by atoms with Crippen molar-refractivity contribution in [1.29, 1.82) is 0 Å². The molecule has 0 saturated carbocycles. The number of thiazole rings is 1. The van der Waals surface area contributed by atoms with Crippen LogP contribution < -0.4 is 15.0 Å². The molecule has 2 aromatic rings. The molecule has 7 heteroatoms. The molecule has 136 valence electrons. The van der Waals surface area contributed by atoms with Crippen LogP contribution in [0, 0.1) is 0 Å². The van der Waals surface area contributed by atoms with E-state index in [-0.39, 0.29) is 12.1 Å². The standard InChI is InChI=1S/C18H26N4O2S/c1-4-13(5-2)19-17(23)21-9-11-22(12-10-21)18-20-16-14(24-3)7-6-8-15(16)25-18/h6-8,13H,4-5,9-12H2,1-3H3,(H,19,23). The fraction of sp³-hybridized carbons (Fsp3) is 0.556. The number of benzene rings is 1. The van der Waals surface area contributed by atoms with E-state index in [9.17, 15) is 4.79 Å². The van der Waals surface area contributed by atoms with Crippen LogP contribution in [0.25, 0.3) is 10.2 Å². The molecule has 25 heavy (non-hydrogen) atoms. The Morgan fingerprint density at radius 3 is 2.64 bits per heavy atom. The van der Waals surface area contributed by atoms with Gasteiger partial charge in [0, 0.05) is 32.2 Å². The Bertz CT molecular complexity index is 721. The molecule has 2 heterocycles. The van der Waals surface area contributed by atoms with E-state index in [0.717, 1.165) is 60.1 Å². The third kappa shape index (κ3) is 3.81. The lowest BCUT2D eigenvalue weighted by Crippen LogP contribution is -2.53. The van der Waals surface area contributed by atoms with Crippen molar-refractivity contribution in [3.8, 4) is 5.75 Å². The zero-order valence-corrected chi connectivity index (χ0v) is 15.9. The van der Waals surface area contributed by atoms with Crippen molar-refractivity contribution in [3.05, 3.63) is 18.2 Å². The summed E-state index contributed by atoms with van der Waals surface area (Å²) < 4.78 is 6.53. The van der Waals surface area contributed by atoms with Gasteiger partial charge in [-0.15, -0.1) is 0 Å². The van der Waals surface area contributed by atoms with Crippen LogP contribution in [0.3, 0.4) is 0 Å². The van der Waals surface area contributed by atoms with Gasteiger partial charge in [-0.05, 0) is 25.0 Å². The number of piperazine rings is 1. The molecule has 1 aliphatic rings. The second-order valence-electron chi connectivity index (χ2n) is 6.24. The van der Waals surface area contributed by atoms with E-state index in [1.54, 1.807) is 18.4 Å². The molecule has 0 aliphatic carbocycles. The minimum atomic E-state index is 0.0549. The minimum Gasteiger partial charge on any atom is -0.494 e. The first kappa shape index (κ1) is 17.8. The SMILES string of the molecule is CCC(CC)NC(=O)N1CCN(c2nc3c(OC)cccc3s2)CC1. The number of aromatic nitrogens is 1. The maximum absolute atomic E-state index is 12.4. The number of hydrogen-bond acceptors (Lipinski definition) is 5. The van der Waals surface area contributed by atoms with Crippen LogP contribution in [0.5, 0.6) is 5.75 Å². The first-order valence-electron chi connectivity index (χ1n) is 8.90. The number of carbonyl (C=O) groups is 1. The number of hydrogen-bond donors (Lipinski definition) is 1. The van der Waals surface area contributed by atoms with Gasteiger partial charge in [0.25, 0.3) is 0 Å². The first-order valence-corrected chi connectivity index (χ1v) is 9.71. The number of fused-ring (bicyclic) bond motifs is 1. The number of anilines is 1. The predicted octanol–water partition coefficient (Wildman–Crippen LogP) is 3.33. The van der Waals surface area contributed by atoms with E-state index in [1.165, 1.54) is 0 Å². The summed E-state index contributed by atoms with van der Waals surface area (Å²) in [6, 6.07) is 6.31. The van der Waals surface area contributed by atoms with Gasteiger partial charge in [0.1, 0.15) is 11.3 Å². The summed E-state index contributed by atoms with van der Waals surface area (Å²) in [5, 5.41) is 4.12. The molecule has 1 aliphatic heterocycles. The fourth-order valence-corrected chi connectivity index (χ4v) is 4.11. The van der Waals surface area contributed by atoms with E-state index >= 15 is 0 Å². The summed E-state index contributed by atoms with van der Waals surface area (Å²) in [5.41, 5.74) is 0.916. The van der Waals surface area contributed by atoms with E-state index in [1.807, 2.05) is 17.0 Å². The van der Waals surface area contributed by atoms with Gasteiger partial charge in [-0.1, -0.05) is 31.3 Å². The highest BCUT2D eigenvalue weighted by Gasteiger charge is 2.24. The van der Waals surface area contributed by atoms with Crippen LogP contribution in [-0.2, 0) is 0 Å². The molecular weight excluding hydrogens is 336 g/mol. The Labute approximate surface area is 152 Å². The monoisotopic (exact) mass is 362 g/mol. The molecule has 1 N–H and O–H groups in total. The van der Waals surface area contributed by atoms with Crippen molar-refractivity contribution in [2.45, 2.75) is 32.7 Å². The summed E-state index contributed by atoms with van der Waals surface area (Å²) in [6.45, 7) is 7.26. The molecule has 0 atom stereocenters. The van der Waals surface area contributed by atoms with Crippen LogP contribution in [0.15, 0.2) is 18.2 Å². The number of rotatable bonds is 5. The number of ether oxygens (including phenoxy) is 1. The topological polar surface area (TPSA) is 57.7 Å². The lowest BCUT2D eigenvalue weighted by molar-refractivity contribution is 0.189. The van der Waals surface area contributed by atoms with Gasteiger partial charge in [0.2, 0.25) is 0 Å². The molecule has 2 amide bonds. The molecular formula is C18H26N4O2S. The summed E-state index contributed by atoms with van der Waals surface area (Å²) in [6.07, 6.45) is 1.94. The summed E-state index contributed by atoms with van der Waals surface area (Å²) >= 11 is 1.68. The van der Waals surface area contributed by atoms with Gasteiger partial charge >= 0.3 is 6.03 Å². The second kappa shape index (κ2) is 7.91. The highest BCUT2D eigenvalue weighted by atomic mass is 32.1. The van der Waals surface area contributed by atoms with E-state index < -0.39 is 0 Å². The third-order valence-electron chi connectivity index (χ3n) is 4.74. The smallest absolute Gasteiger partial charge is 0.317 e.